The Morgan fingerprint density at radius 2 is 1.35 bits per heavy atom. The molecule has 3 heterocycles. The van der Waals surface area contributed by atoms with Crippen LogP contribution in [0.1, 0.15) is 12.8 Å². The van der Waals surface area contributed by atoms with Gasteiger partial charge in [0.05, 0.1) is 34.0 Å². The molecule has 2 N–H and O–H groups in total. The van der Waals surface area contributed by atoms with Crippen molar-refractivity contribution in [3.8, 4) is 16.9 Å². The Kier molecular flexibility index (Phi) is 6.16. The third-order valence-corrected chi connectivity index (χ3v) is 8.80. The van der Waals surface area contributed by atoms with E-state index in [4.69, 9.17) is 9.97 Å². The van der Waals surface area contributed by atoms with Crippen molar-refractivity contribution in [2.75, 3.05) is 10.7 Å². The lowest BCUT2D eigenvalue weighted by molar-refractivity contribution is 1.01. The minimum absolute atomic E-state index is 0.646. The zero-order chi connectivity index (χ0) is 30.5. The number of hydrogen-bond donors (Lipinski definition) is 2. The highest BCUT2D eigenvalue weighted by Gasteiger charge is 2.21. The lowest BCUT2D eigenvalue weighted by atomic mass is 10.1. The molecule has 0 spiro atoms. The molecule has 46 heavy (non-hydrogen) atoms. The van der Waals surface area contributed by atoms with Gasteiger partial charge in [0.25, 0.3) is 0 Å². The third-order valence-electron chi connectivity index (χ3n) is 8.80. The maximum Gasteiger partial charge on any atom is 0.189 e. The van der Waals surface area contributed by atoms with Crippen LogP contribution in [-0.4, -0.2) is 19.2 Å². The molecule has 220 valence electrons. The molecule has 1 aliphatic carbocycles. The summed E-state index contributed by atoms with van der Waals surface area (Å²) in [5.41, 5.74) is 12.2. The largest absolute Gasteiger partial charge is 0.337 e. The number of rotatable bonds is 6. The van der Waals surface area contributed by atoms with Gasteiger partial charge < -0.3 is 9.88 Å². The van der Waals surface area contributed by atoms with Gasteiger partial charge in [0, 0.05) is 38.5 Å². The van der Waals surface area contributed by atoms with E-state index in [1.165, 1.54) is 21.5 Å². The van der Waals surface area contributed by atoms with Gasteiger partial charge in [0.15, 0.2) is 11.6 Å². The van der Waals surface area contributed by atoms with Crippen LogP contribution >= 0.6 is 0 Å². The van der Waals surface area contributed by atoms with Crippen molar-refractivity contribution in [2.45, 2.75) is 12.8 Å². The van der Waals surface area contributed by atoms with Gasteiger partial charge in [-0.15, -0.1) is 0 Å². The molecule has 3 aromatic heterocycles. The molecule has 0 atom stereocenters. The van der Waals surface area contributed by atoms with Gasteiger partial charge in [0.1, 0.15) is 0 Å². The molecule has 0 unspecified atom stereocenters. The van der Waals surface area contributed by atoms with Crippen molar-refractivity contribution in [3.05, 3.63) is 151 Å². The normalized spacial score (nSPS) is 13.1. The van der Waals surface area contributed by atoms with E-state index in [9.17, 15) is 0 Å². The number of fused-ring (bicyclic) bond motifs is 7. The Labute approximate surface area is 265 Å². The van der Waals surface area contributed by atoms with Crippen molar-refractivity contribution in [2.24, 2.45) is 0 Å². The Morgan fingerprint density at radius 1 is 0.609 bits per heavy atom. The van der Waals surface area contributed by atoms with Crippen molar-refractivity contribution in [1.82, 2.24) is 19.2 Å². The molecular formula is C40H30N6. The third kappa shape index (κ3) is 4.26. The van der Waals surface area contributed by atoms with E-state index in [0.717, 1.165) is 57.6 Å². The van der Waals surface area contributed by atoms with Crippen molar-refractivity contribution >= 4 is 55.2 Å². The molecule has 9 rings (SSSR count). The van der Waals surface area contributed by atoms with Crippen LogP contribution in [0, 0.1) is 0 Å². The average molecular weight is 595 g/mol. The van der Waals surface area contributed by atoms with E-state index >= 15 is 0 Å². The highest BCUT2D eigenvalue weighted by atomic mass is 15.4. The first-order chi connectivity index (χ1) is 22.8. The van der Waals surface area contributed by atoms with Crippen LogP contribution < -0.4 is 10.7 Å². The van der Waals surface area contributed by atoms with E-state index in [0.29, 0.717) is 11.6 Å². The summed E-state index contributed by atoms with van der Waals surface area (Å²) in [5, 5.41) is 8.26. The van der Waals surface area contributed by atoms with Gasteiger partial charge >= 0.3 is 0 Å². The molecule has 6 heteroatoms. The maximum atomic E-state index is 5.18. The summed E-state index contributed by atoms with van der Waals surface area (Å²) >= 11 is 0. The molecule has 5 aromatic carbocycles. The van der Waals surface area contributed by atoms with Gasteiger partial charge in [-0.25, -0.2) is 9.97 Å². The summed E-state index contributed by atoms with van der Waals surface area (Å²) in [5.74, 6) is 1.31. The zero-order valence-corrected chi connectivity index (χ0v) is 25.1. The van der Waals surface area contributed by atoms with Gasteiger partial charge in [-0.2, -0.15) is 0 Å². The van der Waals surface area contributed by atoms with Crippen LogP contribution in [0.15, 0.2) is 151 Å². The second-order valence-corrected chi connectivity index (χ2v) is 11.6. The highest BCUT2D eigenvalue weighted by molar-refractivity contribution is 6.25. The van der Waals surface area contributed by atoms with Crippen molar-refractivity contribution in [1.29, 1.82) is 0 Å². The number of nitrogens with zero attached hydrogens (tertiary/aromatic N) is 4. The lowest BCUT2D eigenvalue weighted by Crippen LogP contribution is -2.14. The number of aromatic nitrogens is 4. The quantitative estimate of drug-likeness (QED) is 0.201. The molecular weight excluding hydrogens is 564 g/mol. The first kappa shape index (κ1) is 26.3. The molecule has 0 fully saturated rings. The molecule has 0 aliphatic heterocycles. The first-order valence-electron chi connectivity index (χ1n) is 15.7. The molecule has 8 aromatic rings. The predicted molar refractivity (Wildman–Crippen MR) is 190 cm³/mol. The van der Waals surface area contributed by atoms with Crippen LogP contribution in [0.25, 0.3) is 60.6 Å². The number of para-hydroxylation sites is 3. The number of anilines is 2. The fourth-order valence-corrected chi connectivity index (χ4v) is 6.74. The number of benzene rings is 5. The van der Waals surface area contributed by atoms with E-state index < -0.39 is 0 Å². The first-order valence-corrected chi connectivity index (χ1v) is 15.7. The fourth-order valence-electron chi connectivity index (χ4n) is 6.74. The molecule has 0 saturated heterocycles. The summed E-state index contributed by atoms with van der Waals surface area (Å²) in [6, 6.07) is 42.5. The number of hydrogen-bond acceptors (Lipinski definition) is 4. The summed E-state index contributed by atoms with van der Waals surface area (Å²) in [4.78, 5) is 10.1. The Balaban J connectivity index is 1.33. The van der Waals surface area contributed by atoms with Gasteiger partial charge in [-0.05, 0) is 55.3 Å². The summed E-state index contributed by atoms with van der Waals surface area (Å²) < 4.78 is 4.56. The fraction of sp³-hybridized carbons (Fsp3) is 0.0500. The Hall–Kier alpha value is -6.14. The second kappa shape index (κ2) is 10.8. The average Bonchev–Trinajstić information content (AvgIpc) is 3.63. The standard InChI is InChI=1S/C40H30N6/c1-4-14-27(15-5-1)33-26-41-39(42-28-16-6-2-7-17-28)40(43-33)44-46-35-23-13-10-20-30(35)31-24-25-36-37(38(31)46)32-21-11-12-22-34(32)45(36)29-18-8-3-9-19-29/h1,3-6,8-26H,2,7H2,(H,41,42)(H,43,44). The van der Waals surface area contributed by atoms with E-state index in [-0.39, 0.29) is 0 Å². The summed E-state index contributed by atoms with van der Waals surface area (Å²) in [6.07, 6.45) is 10.4. The molecule has 0 saturated carbocycles. The molecule has 0 amide bonds. The van der Waals surface area contributed by atoms with Crippen LogP contribution in [0.3, 0.4) is 0 Å². The highest BCUT2D eigenvalue weighted by Crippen LogP contribution is 2.41. The predicted octanol–water partition coefficient (Wildman–Crippen LogP) is 9.87. The molecule has 0 bridgehead atoms. The maximum absolute atomic E-state index is 5.18. The van der Waals surface area contributed by atoms with Crippen molar-refractivity contribution in [3.63, 3.8) is 0 Å². The SMILES string of the molecule is C1=CC(Nc2ncc(-c3ccccc3)nc2Nn2c3ccccc3c3ccc4c(c5ccccc5n4-c4ccccc4)c32)=CCC1. The minimum Gasteiger partial charge on any atom is -0.337 e. The molecule has 1 aliphatic rings. The summed E-state index contributed by atoms with van der Waals surface area (Å²) in [6.45, 7) is 0. The number of allylic oxidation sites excluding steroid dienone is 3. The molecule has 0 radical (unpaired) electrons. The Bertz CT molecular complexity index is 2470. The molecule has 6 nitrogen and oxygen atoms in total. The monoisotopic (exact) mass is 594 g/mol. The van der Waals surface area contributed by atoms with Gasteiger partial charge in [-0.3, -0.25) is 10.1 Å². The smallest absolute Gasteiger partial charge is 0.189 e. The minimum atomic E-state index is 0.646. The van der Waals surface area contributed by atoms with E-state index in [1.54, 1.807) is 0 Å². The number of nitrogens with one attached hydrogen (secondary N) is 2. The van der Waals surface area contributed by atoms with Crippen LogP contribution in [0.2, 0.25) is 0 Å². The van der Waals surface area contributed by atoms with Crippen LogP contribution in [0.4, 0.5) is 11.6 Å². The lowest BCUT2D eigenvalue weighted by Gasteiger charge is -2.17. The summed E-state index contributed by atoms with van der Waals surface area (Å²) in [7, 11) is 0. The van der Waals surface area contributed by atoms with Crippen molar-refractivity contribution < 1.29 is 0 Å². The van der Waals surface area contributed by atoms with E-state index in [1.807, 2.05) is 24.4 Å². The van der Waals surface area contributed by atoms with Crippen LogP contribution in [-0.2, 0) is 0 Å². The van der Waals surface area contributed by atoms with Gasteiger partial charge in [-0.1, -0.05) is 97.1 Å². The zero-order valence-electron chi connectivity index (χ0n) is 25.1. The van der Waals surface area contributed by atoms with Crippen LogP contribution in [0.5, 0.6) is 0 Å². The van der Waals surface area contributed by atoms with E-state index in [2.05, 4.69) is 141 Å². The second-order valence-electron chi connectivity index (χ2n) is 11.6. The van der Waals surface area contributed by atoms with Gasteiger partial charge in [0.2, 0.25) is 0 Å². The Morgan fingerprint density at radius 3 is 2.15 bits per heavy atom. The topological polar surface area (TPSA) is 59.7 Å².